The molecule has 0 saturated carbocycles. The zero-order valence-corrected chi connectivity index (χ0v) is 11.8. The summed E-state index contributed by atoms with van der Waals surface area (Å²) in [7, 11) is 0. The molecule has 2 nitrogen and oxygen atoms in total. The van der Waals surface area contributed by atoms with Gasteiger partial charge < -0.3 is 5.32 Å². The Morgan fingerprint density at radius 2 is 1.83 bits per heavy atom. The molecule has 0 atom stereocenters. The summed E-state index contributed by atoms with van der Waals surface area (Å²) in [5, 5.41) is 4.75. The van der Waals surface area contributed by atoms with Crippen LogP contribution in [0.5, 0.6) is 0 Å². The second-order valence-corrected chi connectivity index (χ2v) is 4.86. The number of pyridine rings is 1. The van der Waals surface area contributed by atoms with Gasteiger partial charge in [0.15, 0.2) is 0 Å². The zero-order valence-electron chi connectivity index (χ0n) is 11.8. The first-order chi connectivity index (χ1) is 8.67. The highest BCUT2D eigenvalue weighted by atomic mass is 14.9. The van der Waals surface area contributed by atoms with E-state index in [9.17, 15) is 0 Å². The van der Waals surface area contributed by atoms with Crippen molar-refractivity contribution in [1.29, 1.82) is 0 Å². The van der Waals surface area contributed by atoms with Crippen LogP contribution >= 0.6 is 0 Å². The molecule has 0 unspecified atom stereocenters. The van der Waals surface area contributed by atoms with Gasteiger partial charge in [0.05, 0.1) is 5.52 Å². The maximum Gasteiger partial charge on any atom is 0.0757 e. The lowest BCUT2D eigenvalue weighted by Crippen LogP contribution is -2.02. The van der Waals surface area contributed by atoms with Crippen LogP contribution in [0.1, 0.15) is 37.1 Å². The molecule has 0 bridgehead atoms. The third kappa shape index (κ3) is 2.33. The number of nitrogens with one attached hydrogen (secondary N) is 1. The van der Waals surface area contributed by atoms with E-state index in [1.54, 1.807) is 0 Å². The largest absolute Gasteiger partial charge is 0.385 e. The highest BCUT2D eigenvalue weighted by Crippen LogP contribution is 2.29. The Morgan fingerprint density at radius 3 is 2.50 bits per heavy atom. The van der Waals surface area contributed by atoms with E-state index in [-0.39, 0.29) is 0 Å². The summed E-state index contributed by atoms with van der Waals surface area (Å²) in [4.78, 5) is 4.83. The Balaban J connectivity index is 2.72. The van der Waals surface area contributed by atoms with Crippen LogP contribution in [0.4, 0.5) is 5.69 Å². The quantitative estimate of drug-likeness (QED) is 0.867. The molecule has 0 aliphatic heterocycles. The Kier molecular flexibility index (Phi) is 3.85. The molecule has 1 aromatic carbocycles. The minimum atomic E-state index is 0.943. The van der Waals surface area contributed by atoms with Crippen molar-refractivity contribution in [2.75, 3.05) is 11.9 Å². The number of aryl methyl sites for hydroxylation is 3. The highest BCUT2D eigenvalue weighted by molar-refractivity contribution is 5.96. The minimum Gasteiger partial charge on any atom is -0.385 e. The van der Waals surface area contributed by atoms with Crippen LogP contribution in [0.2, 0.25) is 0 Å². The molecule has 0 spiro atoms. The number of rotatable bonds is 4. The summed E-state index contributed by atoms with van der Waals surface area (Å²) in [6.07, 6.45) is 2.18. The number of benzene rings is 1. The van der Waals surface area contributed by atoms with E-state index in [2.05, 4.69) is 51.2 Å². The predicted molar refractivity (Wildman–Crippen MR) is 79.4 cm³/mol. The van der Waals surface area contributed by atoms with Crippen molar-refractivity contribution in [1.82, 2.24) is 4.98 Å². The zero-order chi connectivity index (χ0) is 13.1. The maximum atomic E-state index is 4.83. The van der Waals surface area contributed by atoms with E-state index in [0.717, 1.165) is 24.9 Å². The van der Waals surface area contributed by atoms with Gasteiger partial charge in [0.2, 0.25) is 0 Å². The van der Waals surface area contributed by atoms with Crippen molar-refractivity contribution >= 4 is 16.6 Å². The number of nitrogens with zero attached hydrogens (tertiary/aromatic N) is 1. The molecule has 2 rings (SSSR count). The van der Waals surface area contributed by atoms with Crippen LogP contribution in [-0.4, -0.2) is 11.5 Å². The Labute approximate surface area is 109 Å². The molecular weight excluding hydrogens is 220 g/mol. The third-order valence-electron chi connectivity index (χ3n) is 3.30. The van der Waals surface area contributed by atoms with E-state index >= 15 is 0 Å². The number of hydrogen-bond acceptors (Lipinski definition) is 2. The monoisotopic (exact) mass is 242 g/mol. The van der Waals surface area contributed by atoms with Gasteiger partial charge in [0.25, 0.3) is 0 Å². The van der Waals surface area contributed by atoms with Crippen molar-refractivity contribution in [3.63, 3.8) is 0 Å². The Morgan fingerprint density at radius 1 is 1.11 bits per heavy atom. The lowest BCUT2D eigenvalue weighted by atomic mass is 10.0. The van der Waals surface area contributed by atoms with Gasteiger partial charge in [0, 0.05) is 23.3 Å². The summed E-state index contributed by atoms with van der Waals surface area (Å²) >= 11 is 0. The molecule has 0 saturated heterocycles. The molecular formula is C16H22N2. The molecule has 1 N–H and O–H groups in total. The van der Waals surface area contributed by atoms with Gasteiger partial charge in [-0.25, -0.2) is 0 Å². The van der Waals surface area contributed by atoms with Crippen LogP contribution in [0.15, 0.2) is 18.2 Å². The summed E-state index contributed by atoms with van der Waals surface area (Å²) in [6, 6.07) is 6.55. The minimum absolute atomic E-state index is 0.943. The fraction of sp³-hybridized carbons (Fsp3) is 0.438. The number of aromatic nitrogens is 1. The van der Waals surface area contributed by atoms with Crippen molar-refractivity contribution < 1.29 is 0 Å². The van der Waals surface area contributed by atoms with E-state index in [0.29, 0.717) is 0 Å². The average Bonchev–Trinajstić information content (AvgIpc) is 2.34. The van der Waals surface area contributed by atoms with Crippen LogP contribution < -0.4 is 5.32 Å². The van der Waals surface area contributed by atoms with Crippen LogP contribution in [0, 0.1) is 13.8 Å². The fourth-order valence-electron chi connectivity index (χ4n) is 2.41. The summed E-state index contributed by atoms with van der Waals surface area (Å²) in [5.41, 5.74) is 6.12. The van der Waals surface area contributed by atoms with Gasteiger partial charge in [-0.1, -0.05) is 25.5 Å². The van der Waals surface area contributed by atoms with Crippen molar-refractivity contribution in [2.24, 2.45) is 0 Å². The number of anilines is 1. The molecule has 2 heteroatoms. The second-order valence-electron chi connectivity index (χ2n) is 4.86. The summed E-state index contributed by atoms with van der Waals surface area (Å²) < 4.78 is 0. The molecule has 1 aromatic heterocycles. The standard InChI is InChI=1S/C16H22N2/c1-5-7-13-10-14(17-6-2)15-11(3)8-9-12(4)16(15)18-13/h8-10H,5-7H2,1-4H3,(H,17,18). The molecule has 0 aliphatic rings. The molecule has 0 radical (unpaired) electrons. The van der Waals surface area contributed by atoms with Crippen molar-refractivity contribution in [3.8, 4) is 0 Å². The van der Waals surface area contributed by atoms with E-state index in [1.165, 1.54) is 27.9 Å². The van der Waals surface area contributed by atoms with E-state index in [1.807, 2.05) is 0 Å². The van der Waals surface area contributed by atoms with Gasteiger partial charge in [-0.2, -0.15) is 0 Å². The van der Waals surface area contributed by atoms with Gasteiger partial charge in [0.1, 0.15) is 0 Å². The smallest absolute Gasteiger partial charge is 0.0757 e. The van der Waals surface area contributed by atoms with E-state index < -0.39 is 0 Å². The van der Waals surface area contributed by atoms with Crippen LogP contribution in [0.25, 0.3) is 10.9 Å². The van der Waals surface area contributed by atoms with Crippen LogP contribution in [0.3, 0.4) is 0 Å². The number of fused-ring (bicyclic) bond motifs is 1. The molecule has 2 aromatic rings. The van der Waals surface area contributed by atoms with Gasteiger partial charge >= 0.3 is 0 Å². The normalized spacial score (nSPS) is 10.9. The fourth-order valence-corrected chi connectivity index (χ4v) is 2.41. The topological polar surface area (TPSA) is 24.9 Å². The predicted octanol–water partition coefficient (Wildman–Crippen LogP) is 4.24. The van der Waals surface area contributed by atoms with Gasteiger partial charge in [-0.05, 0) is 44.4 Å². The highest BCUT2D eigenvalue weighted by Gasteiger charge is 2.09. The Bertz CT molecular complexity index is 559. The summed E-state index contributed by atoms with van der Waals surface area (Å²) in [6.45, 7) is 9.57. The second kappa shape index (κ2) is 5.38. The molecule has 0 amide bonds. The van der Waals surface area contributed by atoms with E-state index in [4.69, 9.17) is 4.98 Å². The average molecular weight is 242 g/mol. The first-order valence-electron chi connectivity index (χ1n) is 6.81. The third-order valence-corrected chi connectivity index (χ3v) is 3.30. The first kappa shape index (κ1) is 12.9. The van der Waals surface area contributed by atoms with Crippen molar-refractivity contribution in [2.45, 2.75) is 40.5 Å². The lowest BCUT2D eigenvalue weighted by Gasteiger charge is -2.14. The van der Waals surface area contributed by atoms with Gasteiger partial charge in [-0.3, -0.25) is 4.98 Å². The first-order valence-corrected chi connectivity index (χ1v) is 6.81. The van der Waals surface area contributed by atoms with Gasteiger partial charge in [-0.15, -0.1) is 0 Å². The molecule has 1 heterocycles. The summed E-state index contributed by atoms with van der Waals surface area (Å²) in [5.74, 6) is 0. The SMILES string of the molecule is CCCc1cc(NCC)c2c(C)ccc(C)c2n1. The molecule has 18 heavy (non-hydrogen) atoms. The molecule has 0 aliphatic carbocycles. The Hall–Kier alpha value is -1.57. The molecule has 0 fully saturated rings. The van der Waals surface area contributed by atoms with Crippen molar-refractivity contribution in [3.05, 3.63) is 35.0 Å². The number of hydrogen-bond donors (Lipinski definition) is 1. The maximum absolute atomic E-state index is 4.83. The lowest BCUT2D eigenvalue weighted by molar-refractivity contribution is 0.889. The molecule has 96 valence electrons. The van der Waals surface area contributed by atoms with Crippen LogP contribution in [-0.2, 0) is 6.42 Å².